The lowest BCUT2D eigenvalue weighted by Gasteiger charge is -2.04. The summed E-state index contributed by atoms with van der Waals surface area (Å²) in [6.45, 7) is 4.17. The molecule has 0 fully saturated rings. The number of ether oxygens (including phenoxy) is 1. The summed E-state index contributed by atoms with van der Waals surface area (Å²) in [7, 11) is 0. The summed E-state index contributed by atoms with van der Waals surface area (Å²) in [6, 6.07) is 0. The van der Waals surface area contributed by atoms with E-state index in [-0.39, 0.29) is 5.57 Å². The van der Waals surface area contributed by atoms with E-state index in [1.807, 2.05) is 0 Å². The van der Waals surface area contributed by atoms with Crippen LogP contribution in [0.4, 0.5) is 0 Å². The largest absolute Gasteiger partial charge is 0.477 e. The summed E-state index contributed by atoms with van der Waals surface area (Å²) in [5.41, 5.74) is -0.266. The molecule has 0 aromatic rings. The number of unbranched alkanes of at least 4 members (excludes halogenated alkanes) is 3. The fraction of sp³-hybridized carbons (Fsp3) is 0.667. The molecule has 0 aliphatic carbocycles. The van der Waals surface area contributed by atoms with E-state index in [1.54, 1.807) is 6.92 Å². The minimum atomic E-state index is -1.22. The van der Waals surface area contributed by atoms with Crippen molar-refractivity contribution in [3.8, 4) is 0 Å². The van der Waals surface area contributed by atoms with Crippen LogP contribution in [0.5, 0.6) is 0 Å². The third-order valence-corrected chi connectivity index (χ3v) is 2.09. The Kier molecular flexibility index (Phi) is 8.21. The van der Waals surface area contributed by atoms with Crippen molar-refractivity contribution in [3.05, 3.63) is 11.6 Å². The number of carboxylic acid groups (broad SMARTS) is 1. The van der Waals surface area contributed by atoms with E-state index in [2.05, 4.69) is 6.92 Å². The van der Waals surface area contributed by atoms with Crippen molar-refractivity contribution < 1.29 is 19.4 Å². The summed E-state index contributed by atoms with van der Waals surface area (Å²) in [5.74, 6) is -1.95. The van der Waals surface area contributed by atoms with Gasteiger partial charge in [-0.3, -0.25) is 0 Å². The van der Waals surface area contributed by atoms with E-state index in [0.29, 0.717) is 13.0 Å². The van der Waals surface area contributed by atoms with Gasteiger partial charge in [0.1, 0.15) is 5.57 Å². The SMILES string of the molecule is CCC=C(C(=O)O)C(=O)OCCCCCC. The highest BCUT2D eigenvalue weighted by Gasteiger charge is 2.17. The lowest BCUT2D eigenvalue weighted by atomic mass is 10.2. The first-order chi connectivity index (χ1) is 7.63. The maximum atomic E-state index is 11.3. The maximum Gasteiger partial charge on any atom is 0.345 e. The molecular formula is C12H20O4. The van der Waals surface area contributed by atoms with Gasteiger partial charge in [0.05, 0.1) is 6.61 Å². The molecule has 0 heterocycles. The molecule has 0 bridgehead atoms. The van der Waals surface area contributed by atoms with Crippen LogP contribution in [0, 0.1) is 0 Å². The predicted octanol–water partition coefficient (Wildman–Crippen LogP) is 2.53. The van der Waals surface area contributed by atoms with Gasteiger partial charge in [0.25, 0.3) is 0 Å². The van der Waals surface area contributed by atoms with Crippen molar-refractivity contribution in [2.24, 2.45) is 0 Å². The van der Waals surface area contributed by atoms with Gasteiger partial charge in [0.15, 0.2) is 0 Å². The van der Waals surface area contributed by atoms with Crippen molar-refractivity contribution in [2.75, 3.05) is 6.61 Å². The molecule has 0 rings (SSSR count). The molecule has 16 heavy (non-hydrogen) atoms. The van der Waals surface area contributed by atoms with E-state index in [4.69, 9.17) is 9.84 Å². The number of hydrogen-bond acceptors (Lipinski definition) is 3. The normalized spacial score (nSPS) is 11.2. The molecule has 0 aromatic carbocycles. The molecule has 0 saturated carbocycles. The second-order valence-electron chi connectivity index (χ2n) is 3.53. The van der Waals surface area contributed by atoms with Gasteiger partial charge in [-0.25, -0.2) is 9.59 Å². The van der Waals surface area contributed by atoms with Crippen molar-refractivity contribution in [3.63, 3.8) is 0 Å². The molecule has 4 nitrogen and oxygen atoms in total. The van der Waals surface area contributed by atoms with Crippen LogP contribution in [0.2, 0.25) is 0 Å². The summed E-state index contributed by atoms with van der Waals surface area (Å²) < 4.78 is 4.88. The van der Waals surface area contributed by atoms with Crippen LogP contribution in [-0.2, 0) is 14.3 Å². The number of carboxylic acids is 1. The average molecular weight is 228 g/mol. The van der Waals surface area contributed by atoms with Gasteiger partial charge in [-0.1, -0.05) is 39.2 Å². The number of allylic oxidation sites excluding steroid dienone is 1. The number of carbonyl (C=O) groups is 2. The molecule has 0 saturated heterocycles. The zero-order chi connectivity index (χ0) is 12.4. The van der Waals surface area contributed by atoms with Gasteiger partial charge in [0.2, 0.25) is 0 Å². The highest BCUT2D eigenvalue weighted by atomic mass is 16.5. The summed E-state index contributed by atoms with van der Waals surface area (Å²) >= 11 is 0. The first-order valence-corrected chi connectivity index (χ1v) is 5.74. The fourth-order valence-corrected chi connectivity index (χ4v) is 1.23. The topological polar surface area (TPSA) is 63.6 Å². The lowest BCUT2D eigenvalue weighted by molar-refractivity contribution is -0.144. The van der Waals surface area contributed by atoms with Crippen LogP contribution < -0.4 is 0 Å². The predicted molar refractivity (Wildman–Crippen MR) is 61.1 cm³/mol. The monoisotopic (exact) mass is 228 g/mol. The van der Waals surface area contributed by atoms with Crippen molar-refractivity contribution in [1.82, 2.24) is 0 Å². The van der Waals surface area contributed by atoms with Crippen LogP contribution in [0.15, 0.2) is 11.6 Å². The summed E-state index contributed by atoms with van der Waals surface area (Å²) in [6.07, 6.45) is 5.89. The summed E-state index contributed by atoms with van der Waals surface area (Å²) in [4.78, 5) is 22.0. The number of hydrogen-bond donors (Lipinski definition) is 1. The molecule has 0 amide bonds. The van der Waals surface area contributed by atoms with E-state index in [0.717, 1.165) is 25.7 Å². The number of carbonyl (C=O) groups excluding carboxylic acids is 1. The molecule has 0 atom stereocenters. The molecule has 0 radical (unpaired) electrons. The minimum absolute atomic E-state index is 0.266. The van der Waals surface area contributed by atoms with Crippen LogP contribution in [0.25, 0.3) is 0 Å². The average Bonchev–Trinajstić information content (AvgIpc) is 2.24. The molecule has 0 spiro atoms. The van der Waals surface area contributed by atoms with Crippen molar-refractivity contribution in [1.29, 1.82) is 0 Å². The number of rotatable bonds is 8. The number of esters is 1. The number of aliphatic carboxylic acids is 1. The first-order valence-electron chi connectivity index (χ1n) is 5.74. The molecule has 0 aliphatic heterocycles. The zero-order valence-electron chi connectivity index (χ0n) is 9.99. The zero-order valence-corrected chi connectivity index (χ0v) is 9.99. The quantitative estimate of drug-likeness (QED) is 0.228. The lowest BCUT2D eigenvalue weighted by Crippen LogP contribution is -2.16. The molecule has 0 unspecified atom stereocenters. The molecule has 1 N–H and O–H groups in total. The highest BCUT2D eigenvalue weighted by Crippen LogP contribution is 2.03. The fourth-order valence-electron chi connectivity index (χ4n) is 1.23. The van der Waals surface area contributed by atoms with Crippen LogP contribution in [0.3, 0.4) is 0 Å². The Morgan fingerprint density at radius 2 is 1.88 bits per heavy atom. The third-order valence-electron chi connectivity index (χ3n) is 2.09. The van der Waals surface area contributed by atoms with Gasteiger partial charge in [-0.15, -0.1) is 0 Å². The van der Waals surface area contributed by atoms with Gasteiger partial charge in [0, 0.05) is 0 Å². The first kappa shape index (κ1) is 14.7. The highest BCUT2D eigenvalue weighted by molar-refractivity contribution is 6.13. The van der Waals surface area contributed by atoms with Crippen LogP contribution in [-0.4, -0.2) is 23.7 Å². The van der Waals surface area contributed by atoms with Gasteiger partial charge < -0.3 is 9.84 Å². The van der Waals surface area contributed by atoms with E-state index < -0.39 is 11.9 Å². The van der Waals surface area contributed by atoms with Crippen molar-refractivity contribution >= 4 is 11.9 Å². The summed E-state index contributed by atoms with van der Waals surface area (Å²) in [5, 5.41) is 8.75. The standard InChI is InChI=1S/C12H20O4/c1-3-5-6-7-9-16-12(15)10(8-4-2)11(13)14/h8H,3-7,9H2,1-2H3,(H,13,14). The molecule has 0 aliphatic rings. The Hall–Kier alpha value is -1.32. The Balaban J connectivity index is 3.94. The Morgan fingerprint density at radius 1 is 1.19 bits per heavy atom. The van der Waals surface area contributed by atoms with Gasteiger partial charge >= 0.3 is 11.9 Å². The van der Waals surface area contributed by atoms with E-state index >= 15 is 0 Å². The van der Waals surface area contributed by atoms with Gasteiger partial charge in [-0.05, 0) is 12.8 Å². The Labute approximate surface area is 96.3 Å². The Morgan fingerprint density at radius 3 is 2.38 bits per heavy atom. The molecule has 4 heteroatoms. The van der Waals surface area contributed by atoms with Crippen LogP contribution in [0.1, 0.15) is 46.0 Å². The second kappa shape index (κ2) is 8.95. The maximum absolute atomic E-state index is 11.3. The molecular weight excluding hydrogens is 208 g/mol. The van der Waals surface area contributed by atoms with Crippen molar-refractivity contribution in [2.45, 2.75) is 46.0 Å². The molecule has 0 aromatic heterocycles. The minimum Gasteiger partial charge on any atom is -0.477 e. The van der Waals surface area contributed by atoms with E-state index in [1.165, 1.54) is 6.08 Å². The van der Waals surface area contributed by atoms with E-state index in [9.17, 15) is 9.59 Å². The van der Waals surface area contributed by atoms with Crippen LogP contribution >= 0.6 is 0 Å². The third kappa shape index (κ3) is 6.22. The second-order valence-corrected chi connectivity index (χ2v) is 3.53. The van der Waals surface area contributed by atoms with Gasteiger partial charge in [-0.2, -0.15) is 0 Å². The smallest absolute Gasteiger partial charge is 0.345 e. The molecule has 92 valence electrons. The Bertz CT molecular complexity index is 256.